The zero-order valence-corrected chi connectivity index (χ0v) is 11.4. The van der Waals surface area contributed by atoms with Crippen molar-refractivity contribution in [2.75, 3.05) is 11.5 Å². The van der Waals surface area contributed by atoms with E-state index in [0.29, 0.717) is 19.3 Å². The summed E-state index contributed by atoms with van der Waals surface area (Å²) in [5.41, 5.74) is 0. The number of aromatic nitrogens is 2. The van der Waals surface area contributed by atoms with Crippen LogP contribution in [0, 0.1) is 5.92 Å². The van der Waals surface area contributed by atoms with E-state index < -0.39 is 15.9 Å². The second kappa shape index (κ2) is 5.40. The van der Waals surface area contributed by atoms with Gasteiger partial charge < -0.3 is 9.67 Å². The van der Waals surface area contributed by atoms with Crippen molar-refractivity contribution < 1.29 is 13.5 Å². The second-order valence-corrected chi connectivity index (χ2v) is 7.38. The first-order valence-electron chi connectivity index (χ1n) is 6.31. The Kier molecular flexibility index (Phi) is 4.07. The predicted octanol–water partition coefficient (Wildman–Crippen LogP) is 0.538. The summed E-state index contributed by atoms with van der Waals surface area (Å²) in [5.74, 6) is 1.61. The Balaban J connectivity index is 1.76. The first-order valence-corrected chi connectivity index (χ1v) is 8.13. The number of rotatable bonds is 5. The minimum atomic E-state index is -2.83. The molecule has 2 unspecified atom stereocenters. The molecule has 1 fully saturated rings. The molecule has 0 saturated carbocycles. The van der Waals surface area contributed by atoms with Gasteiger partial charge >= 0.3 is 0 Å². The maximum absolute atomic E-state index is 11.3. The highest BCUT2D eigenvalue weighted by Crippen LogP contribution is 2.24. The van der Waals surface area contributed by atoms with E-state index in [-0.39, 0.29) is 17.4 Å². The maximum Gasteiger partial charge on any atom is 0.150 e. The number of sulfone groups is 1. The average Bonchev–Trinajstić information content (AvgIpc) is 2.82. The summed E-state index contributed by atoms with van der Waals surface area (Å²) >= 11 is 0. The number of aliphatic hydroxyl groups excluding tert-OH is 1. The Morgan fingerprint density at radius 2 is 2.39 bits per heavy atom. The lowest BCUT2D eigenvalue weighted by atomic mass is 9.98. The molecule has 0 amide bonds. The highest BCUT2D eigenvalue weighted by atomic mass is 32.2. The van der Waals surface area contributed by atoms with Crippen LogP contribution < -0.4 is 0 Å². The van der Waals surface area contributed by atoms with Gasteiger partial charge in [0, 0.05) is 25.9 Å². The molecule has 1 aliphatic rings. The molecule has 2 atom stereocenters. The van der Waals surface area contributed by atoms with Crippen molar-refractivity contribution in [3.05, 3.63) is 18.2 Å². The fraction of sp³-hybridized carbons (Fsp3) is 0.750. The number of nitrogens with zero attached hydrogens (tertiary/aromatic N) is 2. The lowest BCUT2D eigenvalue weighted by Gasteiger charge is -2.14. The van der Waals surface area contributed by atoms with Crippen LogP contribution in [0.25, 0.3) is 0 Å². The Morgan fingerprint density at radius 3 is 2.94 bits per heavy atom. The van der Waals surface area contributed by atoms with E-state index in [1.54, 1.807) is 6.20 Å². The minimum absolute atomic E-state index is 0.131. The summed E-state index contributed by atoms with van der Waals surface area (Å²) in [6.07, 6.45) is 5.84. The number of aliphatic hydroxyl groups is 1. The molecule has 0 bridgehead atoms. The van der Waals surface area contributed by atoms with Crippen molar-refractivity contribution in [3.8, 4) is 0 Å². The van der Waals surface area contributed by atoms with Crippen LogP contribution in [0.3, 0.4) is 0 Å². The van der Waals surface area contributed by atoms with E-state index in [1.165, 1.54) is 0 Å². The van der Waals surface area contributed by atoms with Crippen molar-refractivity contribution in [2.45, 2.75) is 31.8 Å². The number of aryl methyl sites for hydroxylation is 2. The summed E-state index contributed by atoms with van der Waals surface area (Å²) in [6, 6.07) is 0. The molecule has 0 aromatic carbocycles. The van der Waals surface area contributed by atoms with E-state index in [0.717, 1.165) is 12.2 Å². The van der Waals surface area contributed by atoms with Crippen LogP contribution in [0.15, 0.2) is 12.4 Å². The van der Waals surface area contributed by atoms with Gasteiger partial charge in [0.25, 0.3) is 0 Å². The van der Waals surface area contributed by atoms with Gasteiger partial charge in [-0.1, -0.05) is 0 Å². The lowest BCUT2D eigenvalue weighted by Crippen LogP contribution is -2.16. The van der Waals surface area contributed by atoms with E-state index in [1.807, 2.05) is 17.8 Å². The molecule has 5 nitrogen and oxygen atoms in total. The van der Waals surface area contributed by atoms with Crippen LogP contribution in [-0.4, -0.2) is 40.7 Å². The molecule has 0 radical (unpaired) electrons. The van der Waals surface area contributed by atoms with E-state index in [9.17, 15) is 13.5 Å². The molecule has 1 N–H and O–H groups in total. The Bertz CT molecular complexity index is 495. The van der Waals surface area contributed by atoms with Gasteiger partial charge in [-0.2, -0.15) is 0 Å². The van der Waals surface area contributed by atoms with Crippen molar-refractivity contribution in [2.24, 2.45) is 13.0 Å². The zero-order valence-electron chi connectivity index (χ0n) is 10.6. The van der Waals surface area contributed by atoms with Crippen molar-refractivity contribution in [3.63, 3.8) is 0 Å². The van der Waals surface area contributed by atoms with Gasteiger partial charge in [0.2, 0.25) is 0 Å². The summed E-state index contributed by atoms with van der Waals surface area (Å²) in [4.78, 5) is 4.20. The second-order valence-electron chi connectivity index (χ2n) is 5.15. The lowest BCUT2D eigenvalue weighted by molar-refractivity contribution is 0.137. The molecule has 6 heteroatoms. The summed E-state index contributed by atoms with van der Waals surface area (Å²) in [5, 5.41) is 9.94. The van der Waals surface area contributed by atoms with Gasteiger partial charge in [0.15, 0.2) is 9.84 Å². The highest BCUT2D eigenvalue weighted by Gasteiger charge is 2.29. The summed E-state index contributed by atoms with van der Waals surface area (Å²) in [7, 11) is -0.905. The standard InChI is InChI=1S/C12H20N2O3S/c1-14-6-5-13-12(14)3-2-11(15)8-10-4-7-18(16,17)9-10/h5-6,10-11,15H,2-4,7-9H2,1H3. The van der Waals surface area contributed by atoms with Crippen LogP contribution in [0.4, 0.5) is 0 Å². The third kappa shape index (κ3) is 3.55. The fourth-order valence-electron chi connectivity index (χ4n) is 2.49. The molecule has 0 aliphatic carbocycles. The smallest absolute Gasteiger partial charge is 0.150 e. The molecular formula is C12H20N2O3S. The van der Waals surface area contributed by atoms with Gasteiger partial charge in [0.1, 0.15) is 5.82 Å². The molecule has 1 aromatic heterocycles. The molecule has 2 rings (SSSR count). The largest absolute Gasteiger partial charge is 0.393 e. The monoisotopic (exact) mass is 272 g/mol. The molecule has 0 spiro atoms. The average molecular weight is 272 g/mol. The molecule has 2 heterocycles. The zero-order chi connectivity index (χ0) is 13.2. The third-order valence-electron chi connectivity index (χ3n) is 3.55. The molecule has 102 valence electrons. The van der Waals surface area contributed by atoms with Crippen molar-refractivity contribution >= 4 is 9.84 Å². The Labute approximate surface area is 108 Å². The summed E-state index contributed by atoms with van der Waals surface area (Å²) < 4.78 is 24.6. The normalized spacial score (nSPS) is 24.2. The topological polar surface area (TPSA) is 72.2 Å². The quantitative estimate of drug-likeness (QED) is 0.849. The summed E-state index contributed by atoms with van der Waals surface area (Å²) in [6.45, 7) is 0. The highest BCUT2D eigenvalue weighted by molar-refractivity contribution is 7.91. The van der Waals surface area contributed by atoms with Crippen LogP contribution in [0.1, 0.15) is 25.1 Å². The number of hydrogen-bond acceptors (Lipinski definition) is 4. The van der Waals surface area contributed by atoms with E-state index >= 15 is 0 Å². The minimum Gasteiger partial charge on any atom is -0.393 e. The van der Waals surface area contributed by atoms with Crippen molar-refractivity contribution in [1.29, 1.82) is 0 Å². The van der Waals surface area contributed by atoms with E-state index in [2.05, 4.69) is 4.98 Å². The van der Waals surface area contributed by atoms with E-state index in [4.69, 9.17) is 0 Å². The Morgan fingerprint density at radius 1 is 1.61 bits per heavy atom. The van der Waals surface area contributed by atoms with Gasteiger partial charge in [-0.15, -0.1) is 0 Å². The third-order valence-corrected chi connectivity index (χ3v) is 5.39. The van der Waals surface area contributed by atoms with Gasteiger partial charge in [-0.05, 0) is 25.2 Å². The Hall–Kier alpha value is -0.880. The van der Waals surface area contributed by atoms with Gasteiger partial charge in [-0.25, -0.2) is 13.4 Å². The molecule has 18 heavy (non-hydrogen) atoms. The first-order chi connectivity index (χ1) is 8.46. The van der Waals surface area contributed by atoms with Crippen LogP contribution in [0.5, 0.6) is 0 Å². The number of imidazole rings is 1. The fourth-order valence-corrected chi connectivity index (χ4v) is 4.37. The SMILES string of the molecule is Cn1ccnc1CCC(O)CC1CCS(=O)(=O)C1. The first kappa shape index (κ1) is 13.5. The van der Waals surface area contributed by atoms with Gasteiger partial charge in [-0.3, -0.25) is 0 Å². The van der Waals surface area contributed by atoms with Gasteiger partial charge in [0.05, 0.1) is 17.6 Å². The van der Waals surface area contributed by atoms with Crippen LogP contribution >= 0.6 is 0 Å². The predicted molar refractivity (Wildman–Crippen MR) is 68.9 cm³/mol. The molecular weight excluding hydrogens is 252 g/mol. The van der Waals surface area contributed by atoms with Crippen LogP contribution in [0.2, 0.25) is 0 Å². The van der Waals surface area contributed by atoms with Crippen LogP contribution in [-0.2, 0) is 23.3 Å². The molecule has 1 aliphatic heterocycles. The maximum atomic E-state index is 11.3. The molecule has 1 saturated heterocycles. The van der Waals surface area contributed by atoms with Crippen molar-refractivity contribution in [1.82, 2.24) is 9.55 Å². The number of hydrogen-bond donors (Lipinski definition) is 1. The molecule has 1 aromatic rings.